The Balaban J connectivity index is 1.46. The smallest absolute Gasteiger partial charge is 0.373 e. The van der Waals surface area contributed by atoms with Crippen molar-refractivity contribution in [2.24, 2.45) is 0 Å². The average molecular weight is 497 g/mol. The van der Waals surface area contributed by atoms with Gasteiger partial charge in [-0.2, -0.15) is 0 Å². The molecule has 3 amide bonds. The predicted octanol–water partition coefficient (Wildman–Crippen LogP) is 4.40. The Hall–Kier alpha value is -4.24. The van der Waals surface area contributed by atoms with Crippen LogP contribution in [0.3, 0.4) is 0 Å². The van der Waals surface area contributed by atoms with Crippen LogP contribution in [0, 0.1) is 0 Å². The fourth-order valence-electron chi connectivity index (χ4n) is 3.39. The van der Waals surface area contributed by atoms with E-state index in [0.29, 0.717) is 33.4 Å². The van der Waals surface area contributed by atoms with Crippen molar-refractivity contribution in [3.63, 3.8) is 0 Å². The van der Waals surface area contributed by atoms with Crippen molar-refractivity contribution in [3.05, 3.63) is 88.0 Å². The van der Waals surface area contributed by atoms with E-state index in [2.05, 4.69) is 10.1 Å². The van der Waals surface area contributed by atoms with E-state index in [0.717, 1.165) is 4.90 Å². The van der Waals surface area contributed by atoms with Crippen molar-refractivity contribution in [2.75, 3.05) is 14.2 Å². The second-order valence-electron chi connectivity index (χ2n) is 7.43. The number of hydrogen-bond donors (Lipinski definition) is 1. The first kappa shape index (κ1) is 23.9. The van der Waals surface area contributed by atoms with Gasteiger partial charge in [0.05, 0.1) is 20.8 Å². The maximum atomic E-state index is 12.8. The van der Waals surface area contributed by atoms with Gasteiger partial charge in [0.2, 0.25) is 5.76 Å². The quantitative estimate of drug-likeness (QED) is 0.280. The minimum absolute atomic E-state index is 0.0549. The molecule has 1 aliphatic rings. The summed E-state index contributed by atoms with van der Waals surface area (Å²) in [5.41, 5.74) is 1.41. The Kier molecular flexibility index (Phi) is 7.07. The zero-order chi connectivity index (χ0) is 24.9. The summed E-state index contributed by atoms with van der Waals surface area (Å²) in [6.45, 7) is 0.113. The molecule has 2 aromatic carbocycles. The summed E-state index contributed by atoms with van der Waals surface area (Å²) in [6.07, 6.45) is 1.55. The zero-order valence-electron chi connectivity index (χ0n) is 18.9. The molecule has 0 radical (unpaired) electrons. The maximum absolute atomic E-state index is 12.8. The molecule has 0 unspecified atom stereocenters. The van der Waals surface area contributed by atoms with Gasteiger partial charge in [-0.15, -0.1) is 0 Å². The van der Waals surface area contributed by atoms with Crippen molar-refractivity contribution in [3.8, 4) is 11.5 Å². The SMILES string of the molecule is COC(=O)c1ccc(COc2ccc(C=C3NC(=O)N(Cc4ccccc4Cl)C3=O)cc2OC)o1. The van der Waals surface area contributed by atoms with E-state index < -0.39 is 17.9 Å². The third-order valence-corrected chi connectivity index (χ3v) is 5.53. The fourth-order valence-corrected chi connectivity index (χ4v) is 3.58. The summed E-state index contributed by atoms with van der Waals surface area (Å²) in [5, 5.41) is 3.06. The number of hydrogen-bond acceptors (Lipinski definition) is 7. The number of amides is 3. The van der Waals surface area contributed by atoms with E-state index in [1.54, 1.807) is 54.6 Å². The molecule has 0 spiro atoms. The fraction of sp³-hybridized carbons (Fsp3) is 0.160. The Morgan fingerprint density at radius 2 is 1.89 bits per heavy atom. The highest BCUT2D eigenvalue weighted by Gasteiger charge is 2.33. The van der Waals surface area contributed by atoms with Crippen LogP contribution < -0.4 is 14.8 Å². The van der Waals surface area contributed by atoms with Crippen LogP contribution in [-0.4, -0.2) is 37.0 Å². The van der Waals surface area contributed by atoms with Crippen LogP contribution in [0.1, 0.15) is 27.4 Å². The molecule has 1 N–H and O–H groups in total. The van der Waals surface area contributed by atoms with Crippen LogP contribution in [0.15, 0.2) is 64.7 Å². The molecular weight excluding hydrogens is 476 g/mol. The first-order chi connectivity index (χ1) is 16.9. The summed E-state index contributed by atoms with van der Waals surface area (Å²) in [6, 6.07) is 14.6. The lowest BCUT2D eigenvalue weighted by atomic mass is 10.1. The predicted molar refractivity (Wildman–Crippen MR) is 126 cm³/mol. The lowest BCUT2D eigenvalue weighted by Crippen LogP contribution is -2.30. The lowest BCUT2D eigenvalue weighted by Gasteiger charge is -2.12. The normalized spacial score (nSPS) is 14.3. The Morgan fingerprint density at radius 1 is 1.09 bits per heavy atom. The molecule has 0 atom stereocenters. The number of halogens is 1. The minimum Gasteiger partial charge on any atom is -0.493 e. The van der Waals surface area contributed by atoms with Crippen molar-refractivity contribution in [1.29, 1.82) is 0 Å². The van der Waals surface area contributed by atoms with E-state index in [1.807, 2.05) is 0 Å². The molecule has 1 fully saturated rings. The molecule has 1 aromatic heterocycles. The average Bonchev–Trinajstić information content (AvgIpc) is 3.44. The Bertz CT molecular complexity index is 1310. The van der Waals surface area contributed by atoms with E-state index >= 15 is 0 Å². The Labute approximate surface area is 205 Å². The second-order valence-corrected chi connectivity index (χ2v) is 7.83. The number of nitrogens with zero attached hydrogens (tertiary/aromatic N) is 1. The number of carbonyl (C=O) groups is 3. The highest BCUT2D eigenvalue weighted by Crippen LogP contribution is 2.30. The van der Waals surface area contributed by atoms with E-state index in [1.165, 1.54) is 20.3 Å². The minimum atomic E-state index is -0.579. The number of methoxy groups -OCH3 is 2. The van der Waals surface area contributed by atoms with Crippen LogP contribution in [0.5, 0.6) is 11.5 Å². The number of nitrogens with one attached hydrogen (secondary N) is 1. The van der Waals surface area contributed by atoms with Gasteiger partial charge in [-0.25, -0.2) is 9.59 Å². The first-order valence-corrected chi connectivity index (χ1v) is 10.8. The van der Waals surface area contributed by atoms with Crippen LogP contribution in [-0.2, 0) is 22.7 Å². The molecule has 9 nitrogen and oxygen atoms in total. The van der Waals surface area contributed by atoms with Gasteiger partial charge in [0.25, 0.3) is 5.91 Å². The lowest BCUT2D eigenvalue weighted by molar-refractivity contribution is -0.123. The summed E-state index contributed by atoms with van der Waals surface area (Å²) in [7, 11) is 2.75. The molecule has 4 rings (SSSR count). The topological polar surface area (TPSA) is 107 Å². The van der Waals surface area contributed by atoms with Gasteiger partial charge in [-0.1, -0.05) is 35.9 Å². The van der Waals surface area contributed by atoms with Crippen molar-refractivity contribution in [2.45, 2.75) is 13.2 Å². The van der Waals surface area contributed by atoms with E-state index in [9.17, 15) is 14.4 Å². The highest BCUT2D eigenvalue weighted by molar-refractivity contribution is 6.31. The van der Waals surface area contributed by atoms with Crippen LogP contribution in [0.4, 0.5) is 4.79 Å². The molecule has 2 heterocycles. The van der Waals surface area contributed by atoms with Gasteiger partial charge in [-0.05, 0) is 47.5 Å². The molecule has 0 saturated carbocycles. The number of esters is 1. The third-order valence-electron chi connectivity index (χ3n) is 5.17. The van der Waals surface area contributed by atoms with Gasteiger partial charge in [-0.3, -0.25) is 9.69 Å². The number of furan rings is 1. The summed E-state index contributed by atoms with van der Waals surface area (Å²) in [5.74, 6) is 0.290. The standard InChI is InChI=1S/C25H21ClN2O7/c1-32-22-12-15(7-9-20(22)34-14-17-8-10-21(35-17)24(30)33-2)11-19-23(29)28(25(31)27-19)13-16-5-3-4-6-18(16)26/h3-12H,13-14H2,1-2H3,(H,27,31). The molecule has 35 heavy (non-hydrogen) atoms. The van der Waals surface area contributed by atoms with Crippen molar-refractivity contribution in [1.82, 2.24) is 10.2 Å². The van der Waals surface area contributed by atoms with Gasteiger partial charge in [0.15, 0.2) is 11.5 Å². The number of ether oxygens (including phenoxy) is 3. The van der Waals surface area contributed by atoms with E-state index in [-0.39, 0.29) is 24.6 Å². The molecule has 1 saturated heterocycles. The molecule has 0 aliphatic carbocycles. The molecule has 3 aromatic rings. The molecule has 1 aliphatic heterocycles. The highest BCUT2D eigenvalue weighted by atomic mass is 35.5. The molecule has 180 valence electrons. The van der Waals surface area contributed by atoms with Crippen LogP contribution in [0.25, 0.3) is 6.08 Å². The van der Waals surface area contributed by atoms with Gasteiger partial charge < -0.3 is 23.9 Å². The Morgan fingerprint density at radius 3 is 2.63 bits per heavy atom. The summed E-state index contributed by atoms with van der Waals surface area (Å²) < 4.78 is 21.2. The summed E-state index contributed by atoms with van der Waals surface area (Å²) >= 11 is 6.16. The largest absolute Gasteiger partial charge is 0.493 e. The molecular formula is C25H21ClN2O7. The van der Waals surface area contributed by atoms with Gasteiger partial charge in [0.1, 0.15) is 18.1 Å². The van der Waals surface area contributed by atoms with Crippen LogP contribution >= 0.6 is 11.6 Å². The molecule has 0 bridgehead atoms. The first-order valence-electron chi connectivity index (χ1n) is 10.5. The van der Waals surface area contributed by atoms with Gasteiger partial charge >= 0.3 is 12.0 Å². The number of carbonyl (C=O) groups excluding carboxylic acids is 3. The van der Waals surface area contributed by atoms with Crippen molar-refractivity contribution < 1.29 is 33.0 Å². The number of benzene rings is 2. The zero-order valence-corrected chi connectivity index (χ0v) is 19.6. The number of imide groups is 1. The number of rotatable bonds is 8. The monoisotopic (exact) mass is 496 g/mol. The summed E-state index contributed by atoms with van der Waals surface area (Å²) in [4.78, 5) is 37.8. The molecule has 10 heteroatoms. The van der Waals surface area contributed by atoms with Crippen LogP contribution in [0.2, 0.25) is 5.02 Å². The maximum Gasteiger partial charge on any atom is 0.373 e. The van der Waals surface area contributed by atoms with E-state index in [4.69, 9.17) is 25.5 Å². The van der Waals surface area contributed by atoms with Gasteiger partial charge in [0, 0.05) is 5.02 Å². The second kappa shape index (κ2) is 10.4. The van der Waals surface area contributed by atoms with Crippen molar-refractivity contribution >= 4 is 35.6 Å². The third kappa shape index (κ3) is 5.30. The number of urea groups is 1.